The molecule has 0 aromatic heterocycles. The fraction of sp³-hybridized carbons (Fsp3) is 0.619. The van der Waals surface area contributed by atoms with Gasteiger partial charge in [0.05, 0.1) is 6.42 Å². The molecule has 2 saturated heterocycles. The zero-order chi connectivity index (χ0) is 19.9. The maximum Gasteiger partial charge on any atom is 0.317 e. The van der Waals surface area contributed by atoms with E-state index >= 15 is 0 Å². The Morgan fingerprint density at radius 3 is 2.21 bits per heavy atom. The Bertz CT molecular complexity index is 653. The lowest BCUT2D eigenvalue weighted by molar-refractivity contribution is -0.131. The molecule has 2 aliphatic heterocycles. The normalized spacial score (nSPS) is 19.4. The van der Waals surface area contributed by atoms with E-state index in [1.54, 1.807) is 12.1 Å². The number of urea groups is 1. The van der Waals surface area contributed by atoms with Crippen LogP contribution < -0.4 is 5.32 Å². The van der Waals surface area contributed by atoms with Crippen LogP contribution in [0, 0.1) is 0 Å². The SMILES string of the molecule is CC(CN1CCCCC1)NC(=O)N1CCN(C(=O)Cc2ccc(Cl)cc2)CC1. The standard InChI is InChI=1S/C21H31ClN4O2/c1-17(16-24-9-3-2-4-10-24)23-21(28)26-13-11-25(12-14-26)20(27)15-18-5-7-19(22)8-6-18/h5-8,17H,2-4,9-16H2,1H3,(H,23,28). The second kappa shape index (κ2) is 10.1. The van der Waals surface area contributed by atoms with E-state index < -0.39 is 0 Å². The van der Waals surface area contributed by atoms with Gasteiger partial charge in [0, 0.05) is 43.8 Å². The first-order valence-corrected chi connectivity index (χ1v) is 10.7. The van der Waals surface area contributed by atoms with Crippen molar-refractivity contribution < 1.29 is 9.59 Å². The quantitative estimate of drug-likeness (QED) is 0.817. The minimum atomic E-state index is -0.0192. The molecule has 3 rings (SSSR count). The molecule has 0 aliphatic carbocycles. The predicted molar refractivity (Wildman–Crippen MR) is 112 cm³/mol. The molecule has 7 heteroatoms. The molecule has 1 aromatic carbocycles. The molecule has 0 radical (unpaired) electrons. The molecule has 28 heavy (non-hydrogen) atoms. The van der Waals surface area contributed by atoms with Gasteiger partial charge in [-0.2, -0.15) is 0 Å². The van der Waals surface area contributed by atoms with Crippen molar-refractivity contribution in [3.8, 4) is 0 Å². The van der Waals surface area contributed by atoms with Crippen LogP contribution in [-0.4, -0.2) is 78.5 Å². The summed E-state index contributed by atoms with van der Waals surface area (Å²) in [6, 6.07) is 7.49. The number of likely N-dealkylation sites (tertiary alicyclic amines) is 1. The summed E-state index contributed by atoms with van der Waals surface area (Å²) < 4.78 is 0. The number of rotatable bonds is 5. The van der Waals surface area contributed by atoms with Crippen LogP contribution in [0.25, 0.3) is 0 Å². The van der Waals surface area contributed by atoms with E-state index in [2.05, 4.69) is 17.1 Å². The molecule has 1 aromatic rings. The van der Waals surface area contributed by atoms with E-state index in [0.29, 0.717) is 37.6 Å². The molecule has 2 heterocycles. The summed E-state index contributed by atoms with van der Waals surface area (Å²) in [6.07, 6.45) is 4.20. The highest BCUT2D eigenvalue weighted by Gasteiger charge is 2.25. The van der Waals surface area contributed by atoms with Crippen molar-refractivity contribution in [1.29, 1.82) is 0 Å². The minimum Gasteiger partial charge on any atom is -0.339 e. The van der Waals surface area contributed by atoms with Gasteiger partial charge in [0.15, 0.2) is 0 Å². The van der Waals surface area contributed by atoms with Crippen LogP contribution >= 0.6 is 11.6 Å². The highest BCUT2D eigenvalue weighted by atomic mass is 35.5. The number of benzene rings is 1. The molecule has 0 saturated carbocycles. The van der Waals surface area contributed by atoms with Crippen LogP contribution in [0.5, 0.6) is 0 Å². The zero-order valence-electron chi connectivity index (χ0n) is 16.7. The Kier molecular flexibility index (Phi) is 7.57. The summed E-state index contributed by atoms with van der Waals surface area (Å²) in [5.41, 5.74) is 0.959. The molecule has 2 fully saturated rings. The molecule has 3 amide bonds. The highest BCUT2D eigenvalue weighted by molar-refractivity contribution is 6.30. The van der Waals surface area contributed by atoms with E-state index in [9.17, 15) is 9.59 Å². The van der Waals surface area contributed by atoms with E-state index in [-0.39, 0.29) is 18.0 Å². The number of halogens is 1. The molecule has 154 valence electrons. The maximum atomic E-state index is 12.5. The van der Waals surface area contributed by atoms with Gasteiger partial charge in [-0.1, -0.05) is 30.2 Å². The van der Waals surface area contributed by atoms with Crippen LogP contribution in [0.15, 0.2) is 24.3 Å². The fourth-order valence-electron chi connectivity index (χ4n) is 3.92. The molecule has 0 spiro atoms. The summed E-state index contributed by atoms with van der Waals surface area (Å²) in [4.78, 5) is 31.1. The topological polar surface area (TPSA) is 55.9 Å². The third-order valence-electron chi connectivity index (χ3n) is 5.54. The van der Waals surface area contributed by atoms with Crippen LogP contribution in [0.3, 0.4) is 0 Å². The Hall–Kier alpha value is -1.79. The minimum absolute atomic E-state index is 0.0192. The Morgan fingerprint density at radius 2 is 1.57 bits per heavy atom. The lowest BCUT2D eigenvalue weighted by Crippen LogP contribution is -2.55. The number of amides is 3. The van der Waals surface area contributed by atoms with E-state index in [0.717, 1.165) is 25.2 Å². The smallest absolute Gasteiger partial charge is 0.317 e. The van der Waals surface area contributed by atoms with Crippen molar-refractivity contribution in [3.63, 3.8) is 0 Å². The van der Waals surface area contributed by atoms with Gasteiger partial charge >= 0.3 is 6.03 Å². The van der Waals surface area contributed by atoms with Crippen LogP contribution in [0.1, 0.15) is 31.7 Å². The number of carbonyl (C=O) groups is 2. The fourth-order valence-corrected chi connectivity index (χ4v) is 4.05. The van der Waals surface area contributed by atoms with Gasteiger partial charge in [-0.3, -0.25) is 4.79 Å². The van der Waals surface area contributed by atoms with Crippen molar-refractivity contribution in [2.24, 2.45) is 0 Å². The largest absolute Gasteiger partial charge is 0.339 e. The molecule has 1 unspecified atom stereocenters. The van der Waals surface area contributed by atoms with Gasteiger partial charge in [-0.15, -0.1) is 0 Å². The number of nitrogens with zero attached hydrogens (tertiary/aromatic N) is 3. The summed E-state index contributed by atoms with van der Waals surface area (Å²) in [6.45, 7) is 7.57. The van der Waals surface area contributed by atoms with Gasteiger partial charge in [0.25, 0.3) is 0 Å². The van der Waals surface area contributed by atoms with Crippen molar-refractivity contribution in [2.45, 2.75) is 38.6 Å². The van der Waals surface area contributed by atoms with Gasteiger partial charge < -0.3 is 20.0 Å². The Balaban J connectivity index is 1.39. The van der Waals surface area contributed by atoms with E-state index in [1.807, 2.05) is 21.9 Å². The van der Waals surface area contributed by atoms with Gasteiger partial charge in [0.1, 0.15) is 0 Å². The molecular weight excluding hydrogens is 376 g/mol. The molecule has 0 bridgehead atoms. The third kappa shape index (κ3) is 6.11. The Morgan fingerprint density at radius 1 is 0.964 bits per heavy atom. The second-order valence-corrected chi connectivity index (χ2v) is 8.32. The zero-order valence-corrected chi connectivity index (χ0v) is 17.5. The van der Waals surface area contributed by atoms with Crippen LogP contribution in [0.2, 0.25) is 5.02 Å². The number of piperidine rings is 1. The molecule has 1 N–H and O–H groups in total. The van der Waals surface area contributed by atoms with Crippen LogP contribution in [0.4, 0.5) is 4.79 Å². The van der Waals surface area contributed by atoms with Crippen LogP contribution in [-0.2, 0) is 11.2 Å². The van der Waals surface area contributed by atoms with Gasteiger partial charge in [-0.05, 0) is 50.6 Å². The summed E-state index contributed by atoms with van der Waals surface area (Å²) in [5.74, 6) is 0.0980. The number of nitrogens with one attached hydrogen (secondary N) is 1. The average molecular weight is 407 g/mol. The molecule has 1 atom stereocenters. The summed E-state index contributed by atoms with van der Waals surface area (Å²) in [5, 5.41) is 3.79. The Labute approximate surface area is 172 Å². The highest BCUT2D eigenvalue weighted by Crippen LogP contribution is 2.12. The first-order valence-electron chi connectivity index (χ1n) is 10.3. The number of hydrogen-bond acceptors (Lipinski definition) is 3. The van der Waals surface area contributed by atoms with Crippen molar-refractivity contribution in [1.82, 2.24) is 20.0 Å². The number of hydrogen-bond donors (Lipinski definition) is 1. The van der Waals surface area contributed by atoms with Crippen molar-refractivity contribution >= 4 is 23.5 Å². The lowest BCUT2D eigenvalue weighted by Gasteiger charge is -2.36. The van der Waals surface area contributed by atoms with Crippen molar-refractivity contribution in [3.05, 3.63) is 34.9 Å². The first kappa shape index (κ1) is 20.9. The number of carbonyl (C=O) groups excluding carboxylic acids is 2. The molecular formula is C21H31ClN4O2. The molecule has 2 aliphatic rings. The second-order valence-electron chi connectivity index (χ2n) is 7.88. The molecule has 6 nitrogen and oxygen atoms in total. The number of piperazine rings is 1. The third-order valence-corrected chi connectivity index (χ3v) is 5.79. The monoisotopic (exact) mass is 406 g/mol. The summed E-state index contributed by atoms with van der Waals surface area (Å²) >= 11 is 5.89. The average Bonchev–Trinajstić information content (AvgIpc) is 2.70. The summed E-state index contributed by atoms with van der Waals surface area (Å²) in [7, 11) is 0. The van der Waals surface area contributed by atoms with Gasteiger partial charge in [-0.25, -0.2) is 4.79 Å². The van der Waals surface area contributed by atoms with Crippen molar-refractivity contribution in [2.75, 3.05) is 45.8 Å². The van der Waals surface area contributed by atoms with Gasteiger partial charge in [0.2, 0.25) is 5.91 Å². The lowest BCUT2D eigenvalue weighted by atomic mass is 10.1. The first-order chi connectivity index (χ1) is 13.5. The maximum absolute atomic E-state index is 12.5. The van der Waals surface area contributed by atoms with E-state index in [4.69, 9.17) is 11.6 Å². The predicted octanol–water partition coefficient (Wildman–Crippen LogP) is 2.61. The van der Waals surface area contributed by atoms with E-state index in [1.165, 1.54) is 19.3 Å².